The summed E-state index contributed by atoms with van der Waals surface area (Å²) in [4.78, 5) is 28.7. The fourth-order valence-corrected chi connectivity index (χ4v) is 6.68. The molecule has 7 nitrogen and oxygen atoms in total. The molecular weight excluding hydrogens is 569 g/mol. The smallest absolute Gasteiger partial charge is 0.243 e. The SMILES string of the molecule is CC[C@H](C(=O)NC1CCCCC1)N(Cc1c(Cl)cccc1Cl)C(=O)CCCN(c1ccc(C)c(C)c1)S(C)(=O)=O. The van der Waals surface area contributed by atoms with Crippen molar-refractivity contribution in [3.63, 3.8) is 0 Å². The van der Waals surface area contributed by atoms with E-state index in [4.69, 9.17) is 23.2 Å². The van der Waals surface area contributed by atoms with Gasteiger partial charge in [-0.1, -0.05) is 61.5 Å². The maximum Gasteiger partial charge on any atom is 0.243 e. The second kappa shape index (κ2) is 14.6. The largest absolute Gasteiger partial charge is 0.352 e. The molecule has 1 N–H and O–H groups in total. The number of halogens is 2. The Labute approximate surface area is 249 Å². The van der Waals surface area contributed by atoms with E-state index in [0.29, 0.717) is 27.7 Å². The molecule has 0 unspecified atom stereocenters. The highest BCUT2D eigenvalue weighted by atomic mass is 35.5. The number of benzene rings is 2. The number of nitrogens with zero attached hydrogens (tertiary/aromatic N) is 2. The maximum absolute atomic E-state index is 13.7. The monoisotopic (exact) mass is 609 g/mol. The summed E-state index contributed by atoms with van der Waals surface area (Å²) in [5.74, 6) is -0.436. The molecule has 220 valence electrons. The van der Waals surface area contributed by atoms with Crippen LogP contribution in [0.15, 0.2) is 36.4 Å². The third kappa shape index (κ3) is 8.60. The van der Waals surface area contributed by atoms with Crippen molar-refractivity contribution in [2.45, 2.75) is 90.8 Å². The Kier molecular flexibility index (Phi) is 11.7. The van der Waals surface area contributed by atoms with Crippen LogP contribution in [0.25, 0.3) is 0 Å². The molecule has 10 heteroatoms. The first-order valence-corrected chi connectivity index (χ1v) is 16.6. The number of carbonyl (C=O) groups excluding carboxylic acids is 2. The highest BCUT2D eigenvalue weighted by molar-refractivity contribution is 7.92. The van der Waals surface area contributed by atoms with Crippen molar-refractivity contribution in [3.8, 4) is 0 Å². The highest BCUT2D eigenvalue weighted by Crippen LogP contribution is 2.28. The fourth-order valence-electron chi connectivity index (χ4n) is 5.20. The number of sulfonamides is 1. The van der Waals surface area contributed by atoms with Gasteiger partial charge in [0.05, 0.1) is 11.9 Å². The number of rotatable bonds is 12. The molecule has 0 bridgehead atoms. The minimum Gasteiger partial charge on any atom is -0.352 e. The molecule has 3 rings (SSSR count). The van der Waals surface area contributed by atoms with E-state index in [1.54, 1.807) is 29.2 Å². The minimum atomic E-state index is -3.57. The van der Waals surface area contributed by atoms with Crippen LogP contribution in [-0.2, 0) is 26.2 Å². The van der Waals surface area contributed by atoms with Gasteiger partial charge in [-0.2, -0.15) is 0 Å². The Balaban J connectivity index is 1.81. The van der Waals surface area contributed by atoms with Crippen LogP contribution in [0.2, 0.25) is 10.0 Å². The van der Waals surface area contributed by atoms with Gasteiger partial charge in [0.15, 0.2) is 0 Å². The van der Waals surface area contributed by atoms with E-state index in [1.807, 2.05) is 32.9 Å². The lowest BCUT2D eigenvalue weighted by Gasteiger charge is -2.33. The van der Waals surface area contributed by atoms with Crippen molar-refractivity contribution < 1.29 is 18.0 Å². The van der Waals surface area contributed by atoms with E-state index in [2.05, 4.69) is 5.32 Å². The number of hydrogen-bond donors (Lipinski definition) is 1. The van der Waals surface area contributed by atoms with Crippen LogP contribution in [0.1, 0.15) is 75.0 Å². The molecule has 0 heterocycles. The topological polar surface area (TPSA) is 86.8 Å². The van der Waals surface area contributed by atoms with Crippen molar-refractivity contribution in [3.05, 3.63) is 63.1 Å². The van der Waals surface area contributed by atoms with Crippen LogP contribution >= 0.6 is 23.2 Å². The van der Waals surface area contributed by atoms with Gasteiger partial charge < -0.3 is 10.2 Å². The maximum atomic E-state index is 13.7. The molecule has 2 amide bonds. The zero-order valence-corrected chi connectivity index (χ0v) is 26.2. The van der Waals surface area contributed by atoms with Gasteiger partial charge in [-0.05, 0) is 74.9 Å². The number of carbonyl (C=O) groups is 2. The van der Waals surface area contributed by atoms with Gasteiger partial charge in [-0.25, -0.2) is 8.42 Å². The molecule has 0 aromatic heterocycles. The van der Waals surface area contributed by atoms with Crippen LogP contribution in [0.4, 0.5) is 5.69 Å². The van der Waals surface area contributed by atoms with E-state index in [-0.39, 0.29) is 43.8 Å². The van der Waals surface area contributed by atoms with Gasteiger partial charge in [0, 0.05) is 41.2 Å². The highest BCUT2D eigenvalue weighted by Gasteiger charge is 2.31. The van der Waals surface area contributed by atoms with Crippen molar-refractivity contribution >= 4 is 50.7 Å². The summed E-state index contributed by atoms with van der Waals surface area (Å²) < 4.78 is 26.6. The number of amides is 2. The molecule has 1 aliphatic carbocycles. The van der Waals surface area contributed by atoms with Crippen LogP contribution in [0, 0.1) is 13.8 Å². The Hall–Kier alpha value is -2.29. The Morgan fingerprint density at radius 3 is 2.25 bits per heavy atom. The lowest BCUT2D eigenvalue weighted by Crippen LogP contribution is -2.51. The van der Waals surface area contributed by atoms with E-state index < -0.39 is 16.1 Å². The molecule has 40 heavy (non-hydrogen) atoms. The van der Waals surface area contributed by atoms with Crippen LogP contribution in [-0.4, -0.2) is 50.0 Å². The van der Waals surface area contributed by atoms with Crippen LogP contribution in [0.5, 0.6) is 0 Å². The molecule has 1 fully saturated rings. The molecular formula is C30H41Cl2N3O4S. The average Bonchev–Trinajstić information content (AvgIpc) is 2.89. The van der Waals surface area contributed by atoms with Gasteiger partial charge in [-0.3, -0.25) is 13.9 Å². The molecule has 1 saturated carbocycles. The van der Waals surface area contributed by atoms with E-state index in [0.717, 1.165) is 36.8 Å². The summed E-state index contributed by atoms with van der Waals surface area (Å²) in [7, 11) is -3.57. The van der Waals surface area contributed by atoms with Gasteiger partial charge in [0.25, 0.3) is 0 Å². The standard InChI is InChI=1S/C30H41Cl2N3O4S/c1-5-28(30(37)33-23-11-7-6-8-12-23)34(20-25-26(31)13-9-14-27(25)32)29(36)15-10-18-35(40(4,38)39)24-17-16-21(2)22(3)19-24/h9,13-14,16-17,19,23,28H,5-8,10-12,15,18,20H2,1-4H3,(H,33,37)/t28-/m1/s1. The first-order chi connectivity index (χ1) is 18.9. The molecule has 0 radical (unpaired) electrons. The molecule has 0 spiro atoms. The normalized spacial score (nSPS) is 14.9. The van der Waals surface area contributed by atoms with E-state index in [9.17, 15) is 18.0 Å². The van der Waals surface area contributed by atoms with Crippen LogP contribution < -0.4 is 9.62 Å². The zero-order chi connectivity index (χ0) is 29.4. The predicted molar refractivity (Wildman–Crippen MR) is 163 cm³/mol. The molecule has 1 aliphatic rings. The average molecular weight is 611 g/mol. The zero-order valence-electron chi connectivity index (χ0n) is 23.9. The van der Waals surface area contributed by atoms with E-state index >= 15 is 0 Å². The quantitative estimate of drug-likeness (QED) is 0.301. The summed E-state index contributed by atoms with van der Waals surface area (Å²) >= 11 is 12.9. The van der Waals surface area contributed by atoms with Crippen molar-refractivity contribution in [1.82, 2.24) is 10.2 Å². The van der Waals surface area contributed by atoms with E-state index in [1.165, 1.54) is 17.0 Å². The lowest BCUT2D eigenvalue weighted by atomic mass is 9.95. The second-order valence-electron chi connectivity index (χ2n) is 10.7. The second-order valence-corrected chi connectivity index (χ2v) is 13.4. The van der Waals surface area contributed by atoms with Crippen molar-refractivity contribution in [2.24, 2.45) is 0 Å². The van der Waals surface area contributed by atoms with Gasteiger partial charge in [0.1, 0.15) is 6.04 Å². The Bertz CT molecular complexity index is 1280. The molecule has 2 aromatic rings. The third-order valence-electron chi connectivity index (χ3n) is 7.66. The summed E-state index contributed by atoms with van der Waals surface area (Å²) in [6.07, 6.45) is 7.14. The van der Waals surface area contributed by atoms with Gasteiger partial charge >= 0.3 is 0 Å². The Morgan fingerprint density at radius 1 is 1.02 bits per heavy atom. The van der Waals surface area contributed by atoms with Crippen molar-refractivity contribution in [1.29, 1.82) is 0 Å². The van der Waals surface area contributed by atoms with Crippen molar-refractivity contribution in [2.75, 3.05) is 17.1 Å². The summed E-state index contributed by atoms with van der Waals surface area (Å²) in [6.45, 7) is 6.01. The van der Waals surface area contributed by atoms with Gasteiger partial charge in [-0.15, -0.1) is 0 Å². The van der Waals surface area contributed by atoms with Gasteiger partial charge in [0.2, 0.25) is 21.8 Å². The molecule has 2 aromatic carbocycles. The minimum absolute atomic E-state index is 0.0617. The molecule has 0 aliphatic heterocycles. The fraction of sp³-hybridized carbons (Fsp3) is 0.533. The Morgan fingerprint density at radius 2 is 1.68 bits per heavy atom. The van der Waals surface area contributed by atoms with Crippen LogP contribution in [0.3, 0.4) is 0 Å². The number of aryl methyl sites for hydroxylation is 2. The molecule has 0 saturated heterocycles. The number of hydrogen-bond acceptors (Lipinski definition) is 4. The first kappa shape index (κ1) is 32.2. The number of nitrogens with one attached hydrogen (secondary N) is 1. The predicted octanol–water partition coefficient (Wildman–Crippen LogP) is 6.41. The lowest BCUT2D eigenvalue weighted by molar-refractivity contribution is -0.141. The first-order valence-electron chi connectivity index (χ1n) is 14.0. The molecule has 1 atom stereocenters. The summed E-state index contributed by atoms with van der Waals surface area (Å²) in [5, 5.41) is 4.00. The summed E-state index contributed by atoms with van der Waals surface area (Å²) in [6, 6.07) is 10.1. The number of anilines is 1. The summed E-state index contributed by atoms with van der Waals surface area (Å²) in [5.41, 5.74) is 3.20. The third-order valence-corrected chi connectivity index (χ3v) is 9.56.